The van der Waals surface area contributed by atoms with Crippen LogP contribution >= 0.6 is 11.8 Å². The number of fused-ring (bicyclic) bond motifs is 1. The second kappa shape index (κ2) is 8.02. The van der Waals surface area contributed by atoms with Gasteiger partial charge in [-0.2, -0.15) is 10.2 Å². The first-order valence-corrected chi connectivity index (χ1v) is 10.1. The van der Waals surface area contributed by atoms with E-state index in [-0.39, 0.29) is 5.78 Å². The quantitative estimate of drug-likeness (QED) is 0.597. The number of ketones is 1. The lowest BCUT2D eigenvalue weighted by Gasteiger charge is -2.23. The number of thioether (sulfide) groups is 1. The monoisotopic (exact) mass is 395 g/mol. The molecule has 0 N–H and O–H groups in total. The summed E-state index contributed by atoms with van der Waals surface area (Å²) in [6.07, 6.45) is 5.86. The van der Waals surface area contributed by atoms with Crippen LogP contribution in [0.4, 0.5) is 5.69 Å². The molecule has 4 rings (SSSR count). The summed E-state index contributed by atoms with van der Waals surface area (Å²) in [6.45, 7) is 3.14. The molecule has 8 heteroatoms. The van der Waals surface area contributed by atoms with Gasteiger partial charge in [0.15, 0.2) is 5.78 Å². The number of rotatable bonds is 6. The minimum Gasteiger partial charge on any atom is -0.492 e. The molecule has 144 valence electrons. The molecule has 0 saturated carbocycles. The first kappa shape index (κ1) is 18.5. The van der Waals surface area contributed by atoms with Crippen LogP contribution in [0.5, 0.6) is 5.75 Å². The van der Waals surface area contributed by atoms with E-state index in [0.29, 0.717) is 31.0 Å². The zero-order valence-electron chi connectivity index (χ0n) is 15.8. The van der Waals surface area contributed by atoms with Gasteiger partial charge in [0.05, 0.1) is 30.2 Å². The maximum atomic E-state index is 12.3. The Morgan fingerprint density at radius 1 is 1.25 bits per heavy atom. The van der Waals surface area contributed by atoms with Gasteiger partial charge in [0.1, 0.15) is 11.5 Å². The highest BCUT2D eigenvalue weighted by molar-refractivity contribution is 8.00. The molecule has 28 heavy (non-hydrogen) atoms. The molecule has 3 heterocycles. The van der Waals surface area contributed by atoms with Crippen molar-refractivity contribution in [3.8, 4) is 5.75 Å². The number of hydrazone groups is 1. The van der Waals surface area contributed by atoms with Gasteiger partial charge in [0.2, 0.25) is 0 Å². The summed E-state index contributed by atoms with van der Waals surface area (Å²) in [5, 5.41) is 11.6. The van der Waals surface area contributed by atoms with Crippen LogP contribution in [-0.2, 0) is 11.8 Å². The summed E-state index contributed by atoms with van der Waals surface area (Å²) in [5.74, 6) is 1.39. The Hall–Kier alpha value is -2.87. The molecule has 1 aliphatic rings. The number of nitrogens with zero attached hydrogens (tertiary/aromatic N) is 5. The molecule has 0 atom stereocenters. The van der Waals surface area contributed by atoms with E-state index in [2.05, 4.69) is 21.3 Å². The van der Waals surface area contributed by atoms with E-state index in [1.54, 1.807) is 28.8 Å². The zero-order valence-corrected chi connectivity index (χ0v) is 16.6. The van der Waals surface area contributed by atoms with E-state index >= 15 is 0 Å². The van der Waals surface area contributed by atoms with Gasteiger partial charge < -0.3 is 4.74 Å². The van der Waals surface area contributed by atoms with Gasteiger partial charge >= 0.3 is 0 Å². The van der Waals surface area contributed by atoms with Crippen molar-refractivity contribution in [1.29, 1.82) is 0 Å². The van der Waals surface area contributed by atoms with Crippen LogP contribution in [-0.4, -0.2) is 45.2 Å². The Labute approximate surface area is 167 Å². The summed E-state index contributed by atoms with van der Waals surface area (Å²) in [7, 11) is 1.87. The van der Waals surface area contributed by atoms with Crippen molar-refractivity contribution in [2.45, 2.75) is 18.2 Å². The zero-order chi connectivity index (χ0) is 19.5. The van der Waals surface area contributed by atoms with Crippen LogP contribution in [0.3, 0.4) is 0 Å². The maximum Gasteiger partial charge on any atom is 0.181 e. The van der Waals surface area contributed by atoms with Gasteiger partial charge in [-0.05, 0) is 31.2 Å². The number of aryl methyl sites for hydroxylation is 1. The third kappa shape index (κ3) is 4.01. The van der Waals surface area contributed by atoms with Crippen molar-refractivity contribution >= 4 is 39.8 Å². The number of anilines is 1. The number of aromatic nitrogens is 3. The first-order chi connectivity index (χ1) is 13.6. The fraction of sp³-hybridized carbons (Fsp3) is 0.300. The largest absolute Gasteiger partial charge is 0.492 e. The molecule has 0 fully saturated rings. The van der Waals surface area contributed by atoms with E-state index in [4.69, 9.17) is 4.74 Å². The second-order valence-electron chi connectivity index (χ2n) is 6.46. The van der Waals surface area contributed by atoms with E-state index in [1.165, 1.54) is 0 Å². The number of ether oxygens (including phenoxy) is 1. The van der Waals surface area contributed by atoms with Crippen LogP contribution in [0.15, 0.2) is 52.9 Å². The molecule has 1 aliphatic heterocycles. The molecule has 0 unspecified atom stereocenters. The molecular formula is C20H21N5O2S. The predicted molar refractivity (Wildman–Crippen MR) is 111 cm³/mol. The Balaban J connectivity index is 1.50. The smallest absolute Gasteiger partial charge is 0.181 e. The van der Waals surface area contributed by atoms with Crippen molar-refractivity contribution < 1.29 is 9.53 Å². The number of hydrogen-bond donors (Lipinski definition) is 0. The number of benzene rings is 1. The molecule has 0 spiro atoms. The average Bonchev–Trinajstić information content (AvgIpc) is 3.13. The molecule has 0 saturated heterocycles. The Morgan fingerprint density at radius 3 is 2.93 bits per heavy atom. The summed E-state index contributed by atoms with van der Waals surface area (Å²) in [4.78, 5) is 17.8. The molecule has 7 nitrogen and oxygen atoms in total. The summed E-state index contributed by atoms with van der Waals surface area (Å²) >= 11 is 1.60. The van der Waals surface area contributed by atoms with Crippen LogP contribution in [0.25, 0.3) is 10.9 Å². The molecule has 1 aromatic carbocycles. The standard InChI is InChI=1S/C20H21N5O2S/c1-3-27-16-8-14-9-17(4-5-18(14)21-11-16)28-13-19-20(26)6-7-25(23-19)15-10-22-24(2)12-15/h4-5,8-12H,3,6-7,13H2,1-2H3. The lowest BCUT2D eigenvalue weighted by atomic mass is 10.2. The number of pyridine rings is 1. The van der Waals surface area contributed by atoms with Gasteiger partial charge in [0.25, 0.3) is 0 Å². The lowest BCUT2D eigenvalue weighted by Crippen LogP contribution is -2.33. The Kier molecular flexibility index (Phi) is 5.29. The van der Waals surface area contributed by atoms with Gasteiger partial charge in [-0.25, -0.2) is 0 Å². The topological polar surface area (TPSA) is 72.6 Å². The van der Waals surface area contributed by atoms with Crippen molar-refractivity contribution in [2.75, 3.05) is 23.9 Å². The Morgan fingerprint density at radius 2 is 2.14 bits per heavy atom. The van der Waals surface area contributed by atoms with E-state index < -0.39 is 0 Å². The average molecular weight is 395 g/mol. The third-order valence-electron chi connectivity index (χ3n) is 4.42. The van der Waals surface area contributed by atoms with E-state index in [0.717, 1.165) is 27.2 Å². The number of carbonyl (C=O) groups is 1. The minimum atomic E-state index is 0.105. The van der Waals surface area contributed by atoms with Crippen molar-refractivity contribution in [1.82, 2.24) is 14.8 Å². The molecule has 3 aromatic rings. The minimum absolute atomic E-state index is 0.105. The number of hydrogen-bond acceptors (Lipinski definition) is 7. The highest BCUT2D eigenvalue weighted by atomic mass is 32.2. The highest BCUT2D eigenvalue weighted by Gasteiger charge is 2.22. The van der Waals surface area contributed by atoms with Gasteiger partial charge in [-0.1, -0.05) is 0 Å². The summed E-state index contributed by atoms with van der Waals surface area (Å²) in [6, 6.07) is 8.07. The van der Waals surface area contributed by atoms with Gasteiger partial charge in [-0.3, -0.25) is 19.5 Å². The maximum absolute atomic E-state index is 12.3. The van der Waals surface area contributed by atoms with E-state index in [9.17, 15) is 4.79 Å². The summed E-state index contributed by atoms with van der Waals surface area (Å²) < 4.78 is 7.26. The van der Waals surface area contributed by atoms with E-state index in [1.807, 2.05) is 43.4 Å². The lowest BCUT2D eigenvalue weighted by molar-refractivity contribution is -0.113. The normalized spacial score (nSPS) is 14.4. The van der Waals surface area contributed by atoms with Gasteiger partial charge in [-0.15, -0.1) is 11.8 Å². The van der Waals surface area contributed by atoms with Crippen molar-refractivity contribution in [2.24, 2.45) is 12.1 Å². The number of carbonyl (C=O) groups excluding carboxylic acids is 1. The second-order valence-corrected chi connectivity index (χ2v) is 7.51. The van der Waals surface area contributed by atoms with Crippen LogP contribution in [0.2, 0.25) is 0 Å². The van der Waals surface area contributed by atoms with Crippen LogP contribution in [0, 0.1) is 0 Å². The molecule has 0 amide bonds. The Bertz CT molecular complexity index is 1050. The fourth-order valence-electron chi connectivity index (χ4n) is 3.02. The SMILES string of the molecule is CCOc1cnc2ccc(SCC3=NN(c4cnn(C)c4)CCC3=O)cc2c1. The predicted octanol–water partition coefficient (Wildman–Crippen LogP) is 3.29. The molecule has 0 aliphatic carbocycles. The van der Waals surface area contributed by atoms with Gasteiger partial charge in [0, 0.05) is 42.2 Å². The third-order valence-corrected chi connectivity index (χ3v) is 5.42. The van der Waals surface area contributed by atoms with Crippen LogP contribution in [0.1, 0.15) is 13.3 Å². The van der Waals surface area contributed by atoms with Crippen molar-refractivity contribution in [3.05, 3.63) is 42.9 Å². The van der Waals surface area contributed by atoms with Crippen molar-refractivity contribution in [3.63, 3.8) is 0 Å². The fourth-order valence-corrected chi connectivity index (χ4v) is 3.91. The number of Topliss-reactive ketones (excluding diaryl/α,β-unsaturated/α-hetero) is 1. The molecule has 0 bridgehead atoms. The van der Waals surface area contributed by atoms with Crippen LogP contribution < -0.4 is 9.75 Å². The molecular weight excluding hydrogens is 374 g/mol. The molecule has 0 radical (unpaired) electrons. The summed E-state index contributed by atoms with van der Waals surface area (Å²) in [5.41, 5.74) is 2.40. The first-order valence-electron chi connectivity index (χ1n) is 9.14. The molecule has 2 aromatic heterocycles. The highest BCUT2D eigenvalue weighted by Crippen LogP contribution is 2.26.